The second kappa shape index (κ2) is 4.38. The third-order valence-electron chi connectivity index (χ3n) is 2.26. The monoisotopic (exact) mass is 259 g/mol. The van der Waals surface area contributed by atoms with Gasteiger partial charge in [0.2, 0.25) is 0 Å². The Morgan fingerprint density at radius 3 is 3.07 bits per heavy atom. The molecule has 1 saturated heterocycles. The maximum Gasteiger partial charge on any atom is 0.123 e. The Morgan fingerprint density at radius 2 is 2.36 bits per heavy atom. The third-order valence-corrected chi connectivity index (χ3v) is 2.98. The second-order valence-corrected chi connectivity index (χ2v) is 4.10. The standard InChI is InChI=1S/C10H11BrFNO/c11-9-2-1-7(12)5-8(9)10-6-14-4-3-13-10/h1-2,5,10,13H,3-4,6H2/t10-/m1/s1. The largest absolute Gasteiger partial charge is 0.378 e. The Bertz CT molecular complexity index is 326. The fourth-order valence-corrected chi connectivity index (χ4v) is 2.07. The van der Waals surface area contributed by atoms with Gasteiger partial charge in [-0.3, -0.25) is 0 Å². The predicted octanol–water partition coefficient (Wildman–Crippen LogP) is 2.25. The minimum atomic E-state index is -0.212. The van der Waals surface area contributed by atoms with Crippen LogP contribution in [-0.2, 0) is 4.74 Å². The number of ether oxygens (including phenoxy) is 1. The molecule has 1 aliphatic rings. The Hall–Kier alpha value is -0.450. The Morgan fingerprint density at radius 1 is 1.50 bits per heavy atom. The zero-order chi connectivity index (χ0) is 9.97. The average molecular weight is 260 g/mol. The molecule has 1 heterocycles. The smallest absolute Gasteiger partial charge is 0.123 e. The van der Waals surface area contributed by atoms with Crippen molar-refractivity contribution in [3.05, 3.63) is 34.1 Å². The quantitative estimate of drug-likeness (QED) is 0.836. The summed E-state index contributed by atoms with van der Waals surface area (Å²) in [5, 5.41) is 3.28. The first kappa shape index (κ1) is 10.1. The van der Waals surface area contributed by atoms with E-state index in [4.69, 9.17) is 4.74 Å². The predicted molar refractivity (Wildman–Crippen MR) is 55.7 cm³/mol. The maximum absolute atomic E-state index is 13.0. The van der Waals surface area contributed by atoms with Crippen LogP contribution in [0.4, 0.5) is 4.39 Å². The van der Waals surface area contributed by atoms with E-state index in [9.17, 15) is 4.39 Å². The van der Waals surface area contributed by atoms with E-state index in [2.05, 4.69) is 21.2 Å². The van der Waals surface area contributed by atoms with Crippen molar-refractivity contribution in [2.24, 2.45) is 0 Å². The SMILES string of the molecule is Fc1ccc(Br)c([C@H]2COCCN2)c1. The lowest BCUT2D eigenvalue weighted by Gasteiger charge is -2.25. The van der Waals surface area contributed by atoms with Crippen molar-refractivity contribution in [2.45, 2.75) is 6.04 Å². The lowest BCUT2D eigenvalue weighted by atomic mass is 10.1. The van der Waals surface area contributed by atoms with Crippen LogP contribution < -0.4 is 5.32 Å². The van der Waals surface area contributed by atoms with Crippen molar-refractivity contribution in [2.75, 3.05) is 19.8 Å². The van der Waals surface area contributed by atoms with Crippen molar-refractivity contribution >= 4 is 15.9 Å². The van der Waals surface area contributed by atoms with Crippen LogP contribution in [0.25, 0.3) is 0 Å². The first-order chi connectivity index (χ1) is 6.77. The van der Waals surface area contributed by atoms with Crippen LogP contribution in [0.5, 0.6) is 0 Å². The van der Waals surface area contributed by atoms with Crippen LogP contribution >= 0.6 is 15.9 Å². The van der Waals surface area contributed by atoms with Gasteiger partial charge in [-0.2, -0.15) is 0 Å². The average Bonchev–Trinajstić information content (AvgIpc) is 2.23. The van der Waals surface area contributed by atoms with Crippen LogP contribution in [0, 0.1) is 5.82 Å². The van der Waals surface area contributed by atoms with Crippen molar-refractivity contribution in [1.82, 2.24) is 5.32 Å². The molecule has 0 bridgehead atoms. The van der Waals surface area contributed by atoms with E-state index in [1.54, 1.807) is 6.07 Å². The zero-order valence-electron chi connectivity index (χ0n) is 7.59. The first-order valence-corrected chi connectivity index (χ1v) is 5.33. The van der Waals surface area contributed by atoms with E-state index in [0.29, 0.717) is 6.61 Å². The van der Waals surface area contributed by atoms with Crippen molar-refractivity contribution < 1.29 is 9.13 Å². The summed E-state index contributed by atoms with van der Waals surface area (Å²) in [4.78, 5) is 0. The van der Waals surface area contributed by atoms with E-state index >= 15 is 0 Å². The highest BCUT2D eigenvalue weighted by Crippen LogP contribution is 2.25. The minimum Gasteiger partial charge on any atom is -0.378 e. The topological polar surface area (TPSA) is 21.3 Å². The molecule has 0 radical (unpaired) electrons. The van der Waals surface area contributed by atoms with Crippen LogP contribution in [0.2, 0.25) is 0 Å². The zero-order valence-corrected chi connectivity index (χ0v) is 9.18. The van der Waals surface area contributed by atoms with Crippen LogP contribution in [0.15, 0.2) is 22.7 Å². The molecule has 1 N–H and O–H groups in total. The molecule has 1 aliphatic heterocycles. The molecule has 4 heteroatoms. The third kappa shape index (κ3) is 2.13. The summed E-state index contributed by atoms with van der Waals surface area (Å²) in [6.45, 7) is 2.14. The van der Waals surface area contributed by atoms with Gasteiger partial charge in [0, 0.05) is 11.0 Å². The summed E-state index contributed by atoms with van der Waals surface area (Å²) < 4.78 is 19.3. The maximum atomic E-state index is 13.0. The molecule has 0 aliphatic carbocycles. The van der Waals surface area contributed by atoms with E-state index in [1.165, 1.54) is 12.1 Å². The van der Waals surface area contributed by atoms with Gasteiger partial charge in [0.1, 0.15) is 5.82 Å². The molecule has 1 aromatic rings. The van der Waals surface area contributed by atoms with Gasteiger partial charge < -0.3 is 10.1 Å². The molecule has 14 heavy (non-hydrogen) atoms. The lowest BCUT2D eigenvalue weighted by molar-refractivity contribution is 0.0766. The Kier molecular flexibility index (Phi) is 3.15. The Balaban J connectivity index is 2.24. The molecule has 2 nitrogen and oxygen atoms in total. The minimum absolute atomic E-state index is 0.0915. The molecule has 0 saturated carbocycles. The molecule has 1 aromatic carbocycles. The number of halogens is 2. The summed E-state index contributed by atoms with van der Waals surface area (Å²) in [7, 11) is 0. The van der Waals surface area contributed by atoms with Gasteiger partial charge in [-0.05, 0) is 23.8 Å². The number of nitrogens with one attached hydrogen (secondary N) is 1. The van der Waals surface area contributed by atoms with E-state index in [1.807, 2.05) is 0 Å². The fraction of sp³-hybridized carbons (Fsp3) is 0.400. The van der Waals surface area contributed by atoms with Gasteiger partial charge in [-0.15, -0.1) is 0 Å². The van der Waals surface area contributed by atoms with Gasteiger partial charge in [0.15, 0.2) is 0 Å². The number of hydrogen-bond acceptors (Lipinski definition) is 2. The normalized spacial score (nSPS) is 22.3. The van der Waals surface area contributed by atoms with E-state index in [-0.39, 0.29) is 11.9 Å². The van der Waals surface area contributed by atoms with E-state index < -0.39 is 0 Å². The molecule has 76 valence electrons. The van der Waals surface area contributed by atoms with Crippen molar-refractivity contribution in [3.8, 4) is 0 Å². The highest BCUT2D eigenvalue weighted by Gasteiger charge is 2.17. The second-order valence-electron chi connectivity index (χ2n) is 3.25. The lowest BCUT2D eigenvalue weighted by Crippen LogP contribution is -2.34. The summed E-state index contributed by atoms with van der Waals surface area (Å²) in [5.74, 6) is -0.212. The van der Waals surface area contributed by atoms with Gasteiger partial charge >= 0.3 is 0 Å². The molecule has 2 rings (SSSR count). The number of hydrogen-bond donors (Lipinski definition) is 1. The van der Waals surface area contributed by atoms with Crippen LogP contribution in [-0.4, -0.2) is 19.8 Å². The van der Waals surface area contributed by atoms with Gasteiger partial charge in [-0.25, -0.2) is 4.39 Å². The summed E-state index contributed by atoms with van der Waals surface area (Å²) in [6.07, 6.45) is 0. The van der Waals surface area contributed by atoms with Crippen molar-refractivity contribution in [1.29, 1.82) is 0 Å². The fourth-order valence-electron chi connectivity index (χ4n) is 1.55. The van der Waals surface area contributed by atoms with Gasteiger partial charge in [0.05, 0.1) is 19.3 Å². The summed E-state index contributed by atoms with van der Waals surface area (Å²) in [6, 6.07) is 4.79. The molecular formula is C10H11BrFNO. The Labute approximate surface area is 90.6 Å². The number of morpholine rings is 1. The number of rotatable bonds is 1. The van der Waals surface area contributed by atoms with E-state index in [0.717, 1.165) is 23.2 Å². The number of benzene rings is 1. The summed E-state index contributed by atoms with van der Waals surface area (Å²) in [5.41, 5.74) is 0.921. The van der Waals surface area contributed by atoms with Crippen LogP contribution in [0.3, 0.4) is 0 Å². The van der Waals surface area contributed by atoms with Gasteiger partial charge in [-0.1, -0.05) is 15.9 Å². The molecule has 0 spiro atoms. The van der Waals surface area contributed by atoms with Crippen molar-refractivity contribution in [3.63, 3.8) is 0 Å². The molecule has 0 aromatic heterocycles. The molecule has 0 unspecified atom stereocenters. The first-order valence-electron chi connectivity index (χ1n) is 4.53. The molecular weight excluding hydrogens is 249 g/mol. The van der Waals surface area contributed by atoms with Crippen LogP contribution in [0.1, 0.15) is 11.6 Å². The highest BCUT2D eigenvalue weighted by atomic mass is 79.9. The summed E-state index contributed by atoms with van der Waals surface area (Å²) >= 11 is 3.40. The molecule has 0 amide bonds. The highest BCUT2D eigenvalue weighted by molar-refractivity contribution is 9.10. The van der Waals surface area contributed by atoms with Gasteiger partial charge in [0.25, 0.3) is 0 Å². The molecule has 1 fully saturated rings. The molecule has 1 atom stereocenters.